The zero-order chi connectivity index (χ0) is 22.7. The summed E-state index contributed by atoms with van der Waals surface area (Å²) in [6.45, 7) is 14.1. The largest absolute Gasteiger partial charge is 0.333 e. The molecule has 2 aromatic rings. The summed E-state index contributed by atoms with van der Waals surface area (Å²) < 4.78 is 1.73. The van der Waals surface area contributed by atoms with E-state index in [-0.39, 0.29) is 29.7 Å². The number of anilines is 1. The van der Waals surface area contributed by atoms with Crippen LogP contribution in [-0.4, -0.2) is 45.5 Å². The Hall–Kier alpha value is -2.34. The average molecular weight is 433 g/mol. The number of aromatic nitrogens is 2. The Bertz CT molecular complexity index is 895. The van der Waals surface area contributed by atoms with Crippen molar-refractivity contribution in [2.75, 3.05) is 24.3 Å². The van der Waals surface area contributed by atoms with Crippen LogP contribution in [-0.2, 0) is 15.0 Å². The molecule has 0 saturated carbocycles. The van der Waals surface area contributed by atoms with Gasteiger partial charge in [0.05, 0.1) is 23.3 Å². The van der Waals surface area contributed by atoms with Crippen LogP contribution in [0, 0.1) is 12.3 Å². The fourth-order valence-electron chi connectivity index (χ4n) is 2.89. The predicted octanol–water partition coefficient (Wildman–Crippen LogP) is 4.53. The molecule has 30 heavy (non-hydrogen) atoms. The van der Waals surface area contributed by atoms with Crippen molar-refractivity contribution in [2.24, 2.45) is 5.41 Å². The first-order valence-electron chi connectivity index (χ1n) is 10.2. The van der Waals surface area contributed by atoms with Gasteiger partial charge in [-0.2, -0.15) is 5.10 Å². The number of likely N-dealkylation sites (N-methyl/N-ethyl adjacent to an activating group) is 1. The number of nitrogens with one attached hydrogen (secondary N) is 1. The zero-order valence-electron chi connectivity index (χ0n) is 19.0. The molecular formula is C23H33ClN4O2. The van der Waals surface area contributed by atoms with Gasteiger partial charge < -0.3 is 10.2 Å². The number of hydrogen-bond acceptors (Lipinski definition) is 3. The van der Waals surface area contributed by atoms with Crippen LogP contribution in [0.15, 0.2) is 30.3 Å². The first-order chi connectivity index (χ1) is 13.9. The molecule has 164 valence electrons. The molecule has 0 radical (unpaired) electrons. The first kappa shape index (κ1) is 23.9. The molecule has 0 spiro atoms. The monoisotopic (exact) mass is 432 g/mol. The topological polar surface area (TPSA) is 67.2 Å². The Kier molecular flexibility index (Phi) is 7.35. The van der Waals surface area contributed by atoms with Crippen molar-refractivity contribution >= 4 is 29.2 Å². The van der Waals surface area contributed by atoms with E-state index >= 15 is 0 Å². The molecule has 1 heterocycles. The molecule has 0 aliphatic rings. The molecule has 1 aromatic heterocycles. The fourth-order valence-corrected chi connectivity index (χ4v) is 3.00. The van der Waals surface area contributed by atoms with E-state index in [2.05, 4.69) is 26.1 Å². The summed E-state index contributed by atoms with van der Waals surface area (Å²) in [4.78, 5) is 27.1. The standard InChI is InChI=1S/C23H33ClN4O2/c1-8-27(21(30)23(6,7)15-24)14-20(29)25-19-13-18(22(3,4)5)26-28(19)17-11-9-16(2)10-12-17/h9-13H,8,14-15H2,1-7H3,(H,25,29). The smallest absolute Gasteiger partial charge is 0.245 e. The van der Waals surface area contributed by atoms with Gasteiger partial charge in [-0.05, 0) is 39.8 Å². The molecule has 0 saturated heterocycles. The number of carbonyl (C=O) groups is 2. The van der Waals surface area contributed by atoms with Crippen LogP contribution in [0.5, 0.6) is 0 Å². The van der Waals surface area contributed by atoms with Gasteiger partial charge in [-0.25, -0.2) is 4.68 Å². The van der Waals surface area contributed by atoms with Crippen LogP contribution >= 0.6 is 11.6 Å². The van der Waals surface area contributed by atoms with Gasteiger partial charge in [0.2, 0.25) is 11.8 Å². The summed E-state index contributed by atoms with van der Waals surface area (Å²) in [5.41, 5.74) is 1.97. The number of alkyl halides is 1. The number of hydrogen-bond donors (Lipinski definition) is 1. The molecule has 6 nitrogen and oxygen atoms in total. The number of halogens is 1. The van der Waals surface area contributed by atoms with Crippen LogP contribution < -0.4 is 5.32 Å². The SMILES string of the molecule is CCN(CC(=O)Nc1cc(C(C)(C)C)nn1-c1ccc(C)cc1)C(=O)C(C)(C)CCl. The lowest BCUT2D eigenvalue weighted by Gasteiger charge is -2.29. The maximum absolute atomic E-state index is 12.8. The Morgan fingerprint density at radius 1 is 1.13 bits per heavy atom. The molecular weight excluding hydrogens is 400 g/mol. The van der Waals surface area contributed by atoms with E-state index in [0.717, 1.165) is 16.9 Å². The summed E-state index contributed by atoms with van der Waals surface area (Å²) in [5.74, 6) is 0.356. The molecule has 0 aliphatic carbocycles. The van der Waals surface area contributed by atoms with E-state index in [4.69, 9.17) is 16.7 Å². The Morgan fingerprint density at radius 3 is 2.23 bits per heavy atom. The van der Waals surface area contributed by atoms with Crippen molar-refractivity contribution in [3.8, 4) is 5.69 Å². The third-order valence-corrected chi connectivity index (χ3v) is 5.61. The number of benzene rings is 1. The lowest BCUT2D eigenvalue weighted by atomic mass is 9.92. The molecule has 0 atom stereocenters. The number of carbonyl (C=O) groups excluding carboxylic acids is 2. The molecule has 2 rings (SSSR count). The molecule has 0 unspecified atom stereocenters. The van der Waals surface area contributed by atoms with Crippen molar-refractivity contribution in [1.29, 1.82) is 0 Å². The quantitative estimate of drug-likeness (QED) is 0.653. The highest BCUT2D eigenvalue weighted by molar-refractivity contribution is 6.19. The van der Waals surface area contributed by atoms with Crippen molar-refractivity contribution < 1.29 is 9.59 Å². The van der Waals surface area contributed by atoms with Crippen molar-refractivity contribution in [1.82, 2.24) is 14.7 Å². The molecule has 0 bridgehead atoms. The highest BCUT2D eigenvalue weighted by Gasteiger charge is 2.31. The summed E-state index contributed by atoms with van der Waals surface area (Å²) in [6, 6.07) is 9.83. The van der Waals surface area contributed by atoms with E-state index < -0.39 is 5.41 Å². The summed E-state index contributed by atoms with van der Waals surface area (Å²) in [7, 11) is 0. The lowest BCUT2D eigenvalue weighted by molar-refractivity contribution is -0.141. The fraction of sp³-hybridized carbons (Fsp3) is 0.522. The van der Waals surface area contributed by atoms with Gasteiger partial charge in [0.15, 0.2) is 0 Å². The maximum atomic E-state index is 12.8. The van der Waals surface area contributed by atoms with Crippen LogP contribution in [0.25, 0.3) is 5.69 Å². The van der Waals surface area contributed by atoms with Gasteiger partial charge in [-0.3, -0.25) is 9.59 Å². The summed E-state index contributed by atoms with van der Waals surface area (Å²) in [6.07, 6.45) is 0. The van der Waals surface area contributed by atoms with E-state index in [9.17, 15) is 9.59 Å². The second kappa shape index (κ2) is 9.21. The van der Waals surface area contributed by atoms with Gasteiger partial charge in [-0.15, -0.1) is 11.6 Å². The molecule has 0 aliphatic heterocycles. The molecule has 1 aromatic carbocycles. The van der Waals surface area contributed by atoms with Crippen LogP contribution in [0.2, 0.25) is 0 Å². The number of nitrogens with zero attached hydrogens (tertiary/aromatic N) is 3. The minimum Gasteiger partial charge on any atom is -0.333 e. The van der Waals surface area contributed by atoms with Crippen molar-refractivity contribution in [3.05, 3.63) is 41.6 Å². The van der Waals surface area contributed by atoms with E-state index in [0.29, 0.717) is 12.4 Å². The third-order valence-electron chi connectivity index (χ3n) is 4.94. The molecule has 2 amide bonds. The second-order valence-electron chi connectivity index (χ2n) is 9.30. The van der Waals surface area contributed by atoms with Gasteiger partial charge in [0, 0.05) is 23.9 Å². The van der Waals surface area contributed by atoms with E-state index in [1.165, 1.54) is 4.90 Å². The average Bonchev–Trinajstić information content (AvgIpc) is 3.10. The Morgan fingerprint density at radius 2 is 1.73 bits per heavy atom. The Balaban J connectivity index is 2.30. The first-order valence-corrected chi connectivity index (χ1v) is 10.7. The number of amides is 2. The minimum atomic E-state index is -0.721. The molecule has 7 heteroatoms. The third kappa shape index (κ3) is 5.63. The van der Waals surface area contributed by atoms with Crippen LogP contribution in [0.4, 0.5) is 5.82 Å². The normalized spacial score (nSPS) is 12.0. The summed E-state index contributed by atoms with van der Waals surface area (Å²) in [5, 5.41) is 7.67. The van der Waals surface area contributed by atoms with Gasteiger partial charge >= 0.3 is 0 Å². The predicted molar refractivity (Wildman–Crippen MR) is 122 cm³/mol. The maximum Gasteiger partial charge on any atom is 0.245 e. The van der Waals surface area contributed by atoms with Crippen LogP contribution in [0.1, 0.15) is 52.8 Å². The molecule has 1 N–H and O–H groups in total. The van der Waals surface area contributed by atoms with Gasteiger partial charge in [-0.1, -0.05) is 38.5 Å². The molecule has 0 fully saturated rings. The van der Waals surface area contributed by atoms with Crippen molar-refractivity contribution in [2.45, 2.75) is 53.9 Å². The Labute approximate surface area is 184 Å². The zero-order valence-corrected chi connectivity index (χ0v) is 19.8. The van der Waals surface area contributed by atoms with Gasteiger partial charge in [0.1, 0.15) is 5.82 Å². The number of aryl methyl sites for hydroxylation is 1. The van der Waals surface area contributed by atoms with Crippen molar-refractivity contribution in [3.63, 3.8) is 0 Å². The minimum absolute atomic E-state index is 0.0421. The van der Waals surface area contributed by atoms with Crippen LogP contribution in [0.3, 0.4) is 0 Å². The van der Waals surface area contributed by atoms with E-state index in [1.807, 2.05) is 44.2 Å². The highest BCUT2D eigenvalue weighted by Crippen LogP contribution is 2.27. The van der Waals surface area contributed by atoms with Gasteiger partial charge in [0.25, 0.3) is 0 Å². The second-order valence-corrected chi connectivity index (χ2v) is 9.56. The highest BCUT2D eigenvalue weighted by atomic mass is 35.5. The lowest BCUT2D eigenvalue weighted by Crippen LogP contribution is -2.45. The van der Waals surface area contributed by atoms with E-state index in [1.54, 1.807) is 18.5 Å². The number of rotatable bonds is 7. The summed E-state index contributed by atoms with van der Waals surface area (Å²) >= 11 is 5.94.